The van der Waals surface area contributed by atoms with Crippen molar-refractivity contribution < 1.29 is 4.79 Å². The molecular weight excluding hydrogens is 379 g/mol. The van der Waals surface area contributed by atoms with E-state index in [9.17, 15) is 4.79 Å². The molecule has 1 N–H and O–H groups in total. The van der Waals surface area contributed by atoms with Crippen molar-refractivity contribution in [2.45, 2.75) is 33.1 Å². The predicted molar refractivity (Wildman–Crippen MR) is 110 cm³/mol. The van der Waals surface area contributed by atoms with Crippen LogP contribution in [0.1, 0.15) is 31.9 Å². The van der Waals surface area contributed by atoms with Crippen LogP contribution in [0.3, 0.4) is 0 Å². The van der Waals surface area contributed by atoms with Crippen molar-refractivity contribution in [3.05, 3.63) is 11.1 Å². The summed E-state index contributed by atoms with van der Waals surface area (Å²) in [4.78, 5) is 21.5. The average molecular weight is 409 g/mol. The molecule has 0 radical (unpaired) electrons. The summed E-state index contributed by atoms with van der Waals surface area (Å²) < 4.78 is 0. The summed E-state index contributed by atoms with van der Waals surface area (Å²) in [5.74, 6) is 1.47. The minimum absolute atomic E-state index is 0. The molecule has 1 aromatic heterocycles. The van der Waals surface area contributed by atoms with Gasteiger partial charge in [-0.3, -0.25) is 4.79 Å². The van der Waals surface area contributed by atoms with Crippen molar-refractivity contribution in [2.24, 2.45) is 11.8 Å². The third kappa shape index (κ3) is 5.98. The smallest absolute Gasteiger partial charge is 0.222 e. The second-order valence-corrected chi connectivity index (χ2v) is 7.76. The van der Waals surface area contributed by atoms with E-state index in [1.165, 1.54) is 12.8 Å². The molecule has 0 saturated carbocycles. The summed E-state index contributed by atoms with van der Waals surface area (Å²) in [6.45, 7) is 9.93. The Hall–Kier alpha value is -0.560. The number of aryl methyl sites for hydroxylation is 1. The van der Waals surface area contributed by atoms with Crippen LogP contribution < -0.4 is 10.2 Å². The maximum Gasteiger partial charge on any atom is 0.222 e. The topological polar surface area (TPSA) is 48.5 Å². The Balaban J connectivity index is 0.00000156. The molecular formula is C17H30Cl2N4OS. The van der Waals surface area contributed by atoms with Crippen LogP contribution in [-0.2, 0) is 4.79 Å². The van der Waals surface area contributed by atoms with Crippen LogP contribution in [0.15, 0.2) is 5.38 Å². The van der Waals surface area contributed by atoms with Crippen molar-refractivity contribution in [1.29, 1.82) is 0 Å². The SMILES string of the molecule is Cc1csc(N2CCN(C(=O)CC(C)C3CCCNC3)CC2)n1.Cl.Cl. The molecule has 1 aromatic rings. The quantitative estimate of drug-likeness (QED) is 0.831. The first-order valence-corrected chi connectivity index (χ1v) is 9.67. The summed E-state index contributed by atoms with van der Waals surface area (Å²) in [6, 6.07) is 0. The van der Waals surface area contributed by atoms with Gasteiger partial charge in [0.1, 0.15) is 0 Å². The van der Waals surface area contributed by atoms with Crippen LogP contribution in [0.5, 0.6) is 0 Å². The van der Waals surface area contributed by atoms with Gasteiger partial charge in [-0.15, -0.1) is 36.2 Å². The zero-order valence-electron chi connectivity index (χ0n) is 15.1. The number of amides is 1. The van der Waals surface area contributed by atoms with Crippen molar-refractivity contribution >= 4 is 47.2 Å². The van der Waals surface area contributed by atoms with Crippen molar-refractivity contribution in [3.63, 3.8) is 0 Å². The second-order valence-electron chi connectivity index (χ2n) is 6.93. The van der Waals surface area contributed by atoms with E-state index in [2.05, 4.69) is 27.5 Å². The monoisotopic (exact) mass is 408 g/mol. The molecule has 0 spiro atoms. The van der Waals surface area contributed by atoms with Gasteiger partial charge in [-0.25, -0.2) is 4.98 Å². The number of halogens is 2. The van der Waals surface area contributed by atoms with Gasteiger partial charge in [0.25, 0.3) is 0 Å². The highest BCUT2D eigenvalue weighted by molar-refractivity contribution is 7.13. The van der Waals surface area contributed by atoms with E-state index in [0.29, 0.717) is 24.2 Å². The summed E-state index contributed by atoms with van der Waals surface area (Å²) >= 11 is 1.70. The number of rotatable bonds is 4. The lowest BCUT2D eigenvalue weighted by Gasteiger charge is -2.36. The largest absolute Gasteiger partial charge is 0.345 e. The number of hydrogen-bond acceptors (Lipinski definition) is 5. The maximum absolute atomic E-state index is 12.6. The number of thiazole rings is 1. The van der Waals surface area contributed by atoms with E-state index in [1.54, 1.807) is 11.3 Å². The average Bonchev–Trinajstić information content (AvgIpc) is 3.02. The molecule has 8 heteroatoms. The van der Waals surface area contributed by atoms with Crippen LogP contribution in [0.25, 0.3) is 0 Å². The minimum Gasteiger partial charge on any atom is -0.345 e. The molecule has 1 amide bonds. The van der Waals surface area contributed by atoms with Crippen molar-refractivity contribution in [2.75, 3.05) is 44.2 Å². The molecule has 144 valence electrons. The van der Waals surface area contributed by atoms with Crippen molar-refractivity contribution in [1.82, 2.24) is 15.2 Å². The van der Waals surface area contributed by atoms with E-state index in [1.807, 2.05) is 11.8 Å². The van der Waals surface area contributed by atoms with Gasteiger partial charge in [-0.2, -0.15) is 0 Å². The lowest BCUT2D eigenvalue weighted by molar-refractivity contribution is -0.132. The number of anilines is 1. The Morgan fingerprint density at radius 3 is 2.64 bits per heavy atom. The zero-order chi connectivity index (χ0) is 16.2. The molecule has 2 aliphatic heterocycles. The first kappa shape index (κ1) is 22.5. The van der Waals surface area contributed by atoms with Crippen molar-refractivity contribution in [3.8, 4) is 0 Å². The molecule has 2 atom stereocenters. The number of nitrogens with one attached hydrogen (secondary N) is 1. The highest BCUT2D eigenvalue weighted by Crippen LogP contribution is 2.25. The predicted octanol–water partition coefficient (Wildman–Crippen LogP) is 2.97. The Labute approximate surface area is 167 Å². The Bertz CT molecular complexity index is 528. The number of carbonyl (C=O) groups is 1. The van der Waals surface area contributed by atoms with E-state index in [0.717, 1.165) is 50.1 Å². The van der Waals surface area contributed by atoms with Crippen LogP contribution >= 0.6 is 36.2 Å². The minimum atomic E-state index is 0. The molecule has 0 bridgehead atoms. The molecule has 2 fully saturated rings. The van der Waals surface area contributed by atoms with E-state index < -0.39 is 0 Å². The fourth-order valence-corrected chi connectivity index (χ4v) is 4.43. The Morgan fingerprint density at radius 1 is 1.36 bits per heavy atom. The van der Waals surface area contributed by atoms with E-state index >= 15 is 0 Å². The molecule has 2 unspecified atom stereocenters. The molecule has 2 aliphatic rings. The lowest BCUT2D eigenvalue weighted by Crippen LogP contribution is -2.49. The first-order valence-electron chi connectivity index (χ1n) is 8.79. The summed E-state index contributed by atoms with van der Waals surface area (Å²) in [5, 5.41) is 6.64. The van der Waals surface area contributed by atoms with Crippen LogP contribution in [-0.4, -0.2) is 55.1 Å². The molecule has 2 saturated heterocycles. The van der Waals surface area contributed by atoms with E-state index in [-0.39, 0.29) is 24.8 Å². The summed E-state index contributed by atoms with van der Waals surface area (Å²) in [6.07, 6.45) is 3.20. The van der Waals surface area contributed by atoms with Gasteiger partial charge in [-0.05, 0) is 44.7 Å². The number of carbonyl (C=O) groups excluding carboxylic acids is 1. The Morgan fingerprint density at radius 2 is 2.08 bits per heavy atom. The molecule has 0 aromatic carbocycles. The molecule has 0 aliphatic carbocycles. The van der Waals surface area contributed by atoms with Gasteiger partial charge < -0.3 is 15.1 Å². The fraction of sp³-hybridized carbons (Fsp3) is 0.765. The standard InChI is InChI=1S/C17H28N4OS.2ClH/c1-13(15-4-3-5-18-11-15)10-16(22)20-6-8-21(9-7-20)17-19-14(2)12-23-17;;/h12-13,15,18H,3-11H2,1-2H3;2*1H. The second kappa shape index (κ2) is 10.6. The molecule has 25 heavy (non-hydrogen) atoms. The van der Waals surface area contributed by atoms with Gasteiger partial charge in [-0.1, -0.05) is 6.92 Å². The van der Waals surface area contributed by atoms with Crippen LogP contribution in [0.2, 0.25) is 0 Å². The number of piperidine rings is 1. The van der Waals surface area contributed by atoms with Crippen LogP contribution in [0.4, 0.5) is 5.13 Å². The fourth-order valence-electron chi connectivity index (χ4n) is 3.57. The van der Waals surface area contributed by atoms with Gasteiger partial charge in [0.15, 0.2) is 5.13 Å². The van der Waals surface area contributed by atoms with Crippen LogP contribution in [0, 0.1) is 18.8 Å². The van der Waals surface area contributed by atoms with Gasteiger partial charge in [0.05, 0.1) is 5.69 Å². The number of piperazine rings is 1. The lowest BCUT2D eigenvalue weighted by atomic mass is 9.85. The van der Waals surface area contributed by atoms with E-state index in [4.69, 9.17) is 0 Å². The molecule has 3 rings (SSSR count). The zero-order valence-corrected chi connectivity index (χ0v) is 17.5. The number of aromatic nitrogens is 1. The Kier molecular flexibility index (Phi) is 9.49. The number of hydrogen-bond donors (Lipinski definition) is 1. The third-order valence-corrected chi connectivity index (χ3v) is 6.17. The van der Waals surface area contributed by atoms with Gasteiger partial charge in [0, 0.05) is 38.0 Å². The normalized spacial score (nSPS) is 21.9. The highest BCUT2D eigenvalue weighted by atomic mass is 35.5. The molecule has 3 heterocycles. The number of nitrogens with zero attached hydrogens (tertiary/aromatic N) is 3. The maximum atomic E-state index is 12.6. The summed E-state index contributed by atoms with van der Waals surface area (Å²) in [5.41, 5.74) is 1.08. The first-order chi connectivity index (χ1) is 11.1. The third-order valence-electron chi connectivity index (χ3n) is 5.15. The van der Waals surface area contributed by atoms with Gasteiger partial charge in [0.2, 0.25) is 5.91 Å². The van der Waals surface area contributed by atoms with Gasteiger partial charge >= 0.3 is 0 Å². The highest BCUT2D eigenvalue weighted by Gasteiger charge is 2.27. The summed E-state index contributed by atoms with van der Waals surface area (Å²) in [7, 11) is 0. The molecule has 5 nitrogen and oxygen atoms in total.